The Labute approximate surface area is 144 Å². The number of carbonyl (C=O) groups is 2. The smallest absolute Gasteiger partial charge is 0.418 e. The third-order valence-electron chi connectivity index (χ3n) is 3.16. The molecule has 0 aliphatic heterocycles. The molecule has 26 heavy (non-hydrogen) atoms. The van der Waals surface area contributed by atoms with E-state index < -0.39 is 46.5 Å². The van der Waals surface area contributed by atoms with E-state index in [-0.39, 0.29) is 5.56 Å². The van der Waals surface area contributed by atoms with Crippen molar-refractivity contribution in [1.82, 2.24) is 0 Å². The maximum Gasteiger partial charge on any atom is 0.418 e. The zero-order chi connectivity index (χ0) is 19.3. The molecular weight excluding hydrogens is 357 g/mol. The molecule has 1 N–H and O–H groups in total. The highest BCUT2D eigenvalue weighted by molar-refractivity contribution is 5.97. The van der Waals surface area contributed by atoms with E-state index in [1.807, 2.05) is 5.32 Å². The number of nitro groups is 1. The molecule has 2 aromatic rings. The highest BCUT2D eigenvalue weighted by Crippen LogP contribution is 2.34. The zero-order valence-corrected chi connectivity index (χ0v) is 12.9. The lowest BCUT2D eigenvalue weighted by Crippen LogP contribution is -2.23. The standard InChI is InChI=1S/C16H11F3N2O5/c17-16(18,19)11-6-2-3-7-12(11)20-14(22)9-26-15(23)10-5-1-4-8-13(10)21(24)25/h1-8H,9H2,(H,20,22). The van der Waals surface area contributed by atoms with Gasteiger partial charge < -0.3 is 10.1 Å². The third-order valence-corrected chi connectivity index (χ3v) is 3.16. The molecule has 0 fully saturated rings. The van der Waals surface area contributed by atoms with E-state index in [1.165, 1.54) is 18.2 Å². The van der Waals surface area contributed by atoms with E-state index in [4.69, 9.17) is 0 Å². The highest BCUT2D eigenvalue weighted by Gasteiger charge is 2.33. The summed E-state index contributed by atoms with van der Waals surface area (Å²) in [5.74, 6) is -2.16. The number of anilines is 1. The fraction of sp³-hybridized carbons (Fsp3) is 0.125. The highest BCUT2D eigenvalue weighted by atomic mass is 19.4. The van der Waals surface area contributed by atoms with Crippen LogP contribution in [0.25, 0.3) is 0 Å². The fourth-order valence-corrected chi connectivity index (χ4v) is 2.04. The number of nitrogens with zero attached hydrogens (tertiary/aromatic N) is 1. The number of hydrogen-bond acceptors (Lipinski definition) is 5. The van der Waals surface area contributed by atoms with Crippen LogP contribution < -0.4 is 5.32 Å². The molecule has 0 bridgehead atoms. The number of alkyl halides is 3. The monoisotopic (exact) mass is 368 g/mol. The molecular formula is C16H11F3N2O5. The molecule has 7 nitrogen and oxygen atoms in total. The van der Waals surface area contributed by atoms with Crippen LogP contribution in [0.15, 0.2) is 48.5 Å². The number of nitrogens with one attached hydrogen (secondary N) is 1. The minimum atomic E-state index is -4.68. The summed E-state index contributed by atoms with van der Waals surface area (Å²) in [6, 6.07) is 9.21. The molecule has 2 rings (SSSR count). The van der Waals surface area contributed by atoms with Gasteiger partial charge in [0, 0.05) is 6.07 Å². The summed E-state index contributed by atoms with van der Waals surface area (Å²) in [5.41, 5.74) is -2.44. The van der Waals surface area contributed by atoms with Crippen LogP contribution in [0.2, 0.25) is 0 Å². The second-order valence-corrected chi connectivity index (χ2v) is 4.94. The predicted molar refractivity (Wildman–Crippen MR) is 83.5 cm³/mol. The first kappa shape index (κ1) is 18.9. The van der Waals surface area contributed by atoms with Gasteiger partial charge >= 0.3 is 12.1 Å². The molecule has 0 radical (unpaired) electrons. The average molecular weight is 368 g/mol. The van der Waals surface area contributed by atoms with Gasteiger partial charge in [0.1, 0.15) is 5.56 Å². The van der Waals surface area contributed by atoms with Crippen molar-refractivity contribution in [1.29, 1.82) is 0 Å². The molecule has 1 amide bonds. The van der Waals surface area contributed by atoms with Crippen LogP contribution in [0, 0.1) is 10.1 Å². The van der Waals surface area contributed by atoms with Gasteiger partial charge in [-0.05, 0) is 18.2 Å². The van der Waals surface area contributed by atoms with Gasteiger partial charge in [-0.1, -0.05) is 24.3 Å². The van der Waals surface area contributed by atoms with Crippen molar-refractivity contribution in [3.63, 3.8) is 0 Å². The van der Waals surface area contributed by atoms with Gasteiger partial charge in [-0.25, -0.2) is 4.79 Å². The number of esters is 1. The molecule has 0 spiro atoms. The van der Waals surface area contributed by atoms with Gasteiger partial charge in [-0.15, -0.1) is 0 Å². The maximum atomic E-state index is 12.9. The molecule has 0 saturated carbocycles. The van der Waals surface area contributed by atoms with Crippen LogP contribution in [0.3, 0.4) is 0 Å². The van der Waals surface area contributed by atoms with E-state index in [1.54, 1.807) is 0 Å². The first-order valence-corrected chi connectivity index (χ1v) is 7.07. The van der Waals surface area contributed by atoms with E-state index in [0.717, 1.165) is 30.3 Å². The van der Waals surface area contributed by atoms with Crippen molar-refractivity contribution in [2.24, 2.45) is 0 Å². The molecule has 0 aliphatic carbocycles. The number of benzene rings is 2. The van der Waals surface area contributed by atoms with Gasteiger partial charge in [0.25, 0.3) is 11.6 Å². The molecule has 0 atom stereocenters. The van der Waals surface area contributed by atoms with Crippen LogP contribution in [-0.4, -0.2) is 23.4 Å². The number of nitro benzene ring substituents is 1. The minimum Gasteiger partial charge on any atom is -0.452 e. The first-order chi connectivity index (χ1) is 12.2. The number of para-hydroxylation sites is 2. The molecule has 0 heterocycles. The largest absolute Gasteiger partial charge is 0.452 e. The Kier molecular flexibility index (Phi) is 5.55. The van der Waals surface area contributed by atoms with Crippen LogP contribution in [0.1, 0.15) is 15.9 Å². The van der Waals surface area contributed by atoms with Crippen molar-refractivity contribution in [3.05, 3.63) is 69.8 Å². The van der Waals surface area contributed by atoms with Crippen LogP contribution >= 0.6 is 0 Å². The van der Waals surface area contributed by atoms with E-state index in [0.29, 0.717) is 0 Å². The number of carbonyl (C=O) groups excluding carboxylic acids is 2. The van der Waals surface area contributed by atoms with Crippen LogP contribution in [0.4, 0.5) is 24.5 Å². The molecule has 2 aromatic carbocycles. The zero-order valence-electron chi connectivity index (χ0n) is 12.9. The fourth-order valence-electron chi connectivity index (χ4n) is 2.04. The summed E-state index contributed by atoms with van der Waals surface area (Å²) in [4.78, 5) is 33.7. The normalized spacial score (nSPS) is 10.9. The van der Waals surface area contributed by atoms with Crippen molar-refractivity contribution in [2.75, 3.05) is 11.9 Å². The van der Waals surface area contributed by atoms with Gasteiger partial charge in [0.2, 0.25) is 0 Å². The molecule has 10 heteroatoms. The van der Waals surface area contributed by atoms with Crippen LogP contribution in [-0.2, 0) is 15.7 Å². The van der Waals surface area contributed by atoms with Crippen molar-refractivity contribution in [3.8, 4) is 0 Å². The number of halogens is 3. The predicted octanol–water partition coefficient (Wildman–Crippen LogP) is 3.41. The number of hydrogen-bond donors (Lipinski definition) is 1. The van der Waals surface area contributed by atoms with E-state index >= 15 is 0 Å². The molecule has 0 aromatic heterocycles. The Morgan fingerprint density at radius 3 is 2.35 bits per heavy atom. The number of rotatable bonds is 5. The number of ether oxygens (including phenoxy) is 1. The van der Waals surface area contributed by atoms with Gasteiger partial charge in [0.15, 0.2) is 6.61 Å². The Hall–Kier alpha value is -3.43. The molecule has 0 saturated heterocycles. The summed E-state index contributed by atoms with van der Waals surface area (Å²) in [5, 5.41) is 12.8. The van der Waals surface area contributed by atoms with Gasteiger partial charge in [0.05, 0.1) is 16.2 Å². The first-order valence-electron chi connectivity index (χ1n) is 7.07. The van der Waals surface area contributed by atoms with Crippen molar-refractivity contribution >= 4 is 23.3 Å². The van der Waals surface area contributed by atoms with E-state index in [9.17, 15) is 32.9 Å². The van der Waals surface area contributed by atoms with Crippen molar-refractivity contribution < 1.29 is 32.4 Å². The summed E-state index contributed by atoms with van der Waals surface area (Å²) in [6.45, 7) is -0.906. The van der Waals surface area contributed by atoms with Gasteiger partial charge in [-0.2, -0.15) is 13.2 Å². The lowest BCUT2D eigenvalue weighted by atomic mass is 10.1. The number of amides is 1. The van der Waals surface area contributed by atoms with Crippen molar-refractivity contribution in [2.45, 2.75) is 6.18 Å². The average Bonchev–Trinajstić information content (AvgIpc) is 2.59. The molecule has 0 aliphatic rings. The third kappa shape index (κ3) is 4.56. The Morgan fingerprint density at radius 1 is 1.08 bits per heavy atom. The Balaban J connectivity index is 2.05. The quantitative estimate of drug-likeness (QED) is 0.495. The second kappa shape index (κ2) is 7.64. The Bertz CT molecular complexity index is 852. The second-order valence-electron chi connectivity index (χ2n) is 4.94. The molecule has 0 unspecified atom stereocenters. The maximum absolute atomic E-state index is 12.9. The SMILES string of the molecule is O=C(COC(=O)c1ccccc1[N+](=O)[O-])Nc1ccccc1C(F)(F)F. The molecule has 136 valence electrons. The summed E-state index contributed by atoms with van der Waals surface area (Å²) >= 11 is 0. The minimum absolute atomic E-state index is 0.374. The topological polar surface area (TPSA) is 98.5 Å². The summed E-state index contributed by atoms with van der Waals surface area (Å²) in [6.07, 6.45) is -4.68. The lowest BCUT2D eigenvalue weighted by Gasteiger charge is -2.13. The van der Waals surface area contributed by atoms with Crippen LogP contribution in [0.5, 0.6) is 0 Å². The lowest BCUT2D eigenvalue weighted by molar-refractivity contribution is -0.385. The summed E-state index contributed by atoms with van der Waals surface area (Å²) in [7, 11) is 0. The van der Waals surface area contributed by atoms with E-state index in [2.05, 4.69) is 4.74 Å². The summed E-state index contributed by atoms with van der Waals surface area (Å²) < 4.78 is 43.2. The van der Waals surface area contributed by atoms with Gasteiger partial charge in [-0.3, -0.25) is 14.9 Å². The Morgan fingerprint density at radius 2 is 1.69 bits per heavy atom.